The van der Waals surface area contributed by atoms with Crippen LogP contribution >= 0.6 is 15.9 Å². The average Bonchev–Trinajstić information content (AvgIpc) is 2.89. The van der Waals surface area contributed by atoms with Crippen LogP contribution in [0.5, 0.6) is 5.75 Å². The summed E-state index contributed by atoms with van der Waals surface area (Å²) in [7, 11) is 0. The SMILES string of the molecule is CC(C)C1CN(Cc2cc(Br)cc3c2OCC3)C(C)CN1. The van der Waals surface area contributed by atoms with Crippen LogP contribution in [0.25, 0.3) is 0 Å². The van der Waals surface area contributed by atoms with Crippen LogP contribution in [-0.2, 0) is 13.0 Å². The fourth-order valence-electron chi connectivity index (χ4n) is 3.30. The molecule has 0 spiro atoms. The number of ether oxygens (including phenoxy) is 1. The van der Waals surface area contributed by atoms with Crippen molar-refractivity contribution in [2.24, 2.45) is 5.92 Å². The predicted octanol–water partition coefficient (Wildman–Crippen LogP) is 3.20. The van der Waals surface area contributed by atoms with Gasteiger partial charge in [0.2, 0.25) is 0 Å². The van der Waals surface area contributed by atoms with E-state index in [1.165, 1.54) is 15.6 Å². The summed E-state index contributed by atoms with van der Waals surface area (Å²) in [6.45, 7) is 10.9. The van der Waals surface area contributed by atoms with Gasteiger partial charge in [-0.15, -0.1) is 0 Å². The summed E-state index contributed by atoms with van der Waals surface area (Å²) in [5.41, 5.74) is 2.68. The quantitative estimate of drug-likeness (QED) is 0.903. The third kappa shape index (κ3) is 3.27. The van der Waals surface area contributed by atoms with Gasteiger partial charge in [-0.3, -0.25) is 4.90 Å². The van der Waals surface area contributed by atoms with Gasteiger partial charge < -0.3 is 10.1 Å². The molecule has 4 heteroatoms. The van der Waals surface area contributed by atoms with Gasteiger partial charge in [-0.05, 0) is 30.5 Å². The Kier molecular flexibility index (Phi) is 4.57. The number of hydrogen-bond acceptors (Lipinski definition) is 3. The first-order valence-electron chi connectivity index (χ1n) is 7.96. The van der Waals surface area contributed by atoms with Gasteiger partial charge in [0, 0.05) is 48.2 Å². The van der Waals surface area contributed by atoms with Crippen molar-refractivity contribution in [3.8, 4) is 5.75 Å². The third-order valence-electron chi connectivity index (χ3n) is 4.73. The van der Waals surface area contributed by atoms with E-state index in [0.29, 0.717) is 18.0 Å². The lowest BCUT2D eigenvalue weighted by Crippen LogP contribution is -2.56. The van der Waals surface area contributed by atoms with E-state index >= 15 is 0 Å². The molecule has 3 nitrogen and oxygen atoms in total. The zero-order valence-electron chi connectivity index (χ0n) is 13.2. The van der Waals surface area contributed by atoms with Crippen LogP contribution in [0.1, 0.15) is 31.9 Å². The fourth-order valence-corrected chi connectivity index (χ4v) is 3.85. The van der Waals surface area contributed by atoms with Gasteiger partial charge in [0.15, 0.2) is 0 Å². The fraction of sp³-hybridized carbons (Fsp3) is 0.647. The van der Waals surface area contributed by atoms with Gasteiger partial charge in [0.25, 0.3) is 0 Å². The molecular weight excluding hydrogens is 328 g/mol. The molecule has 21 heavy (non-hydrogen) atoms. The van der Waals surface area contributed by atoms with Crippen molar-refractivity contribution in [1.29, 1.82) is 0 Å². The van der Waals surface area contributed by atoms with Crippen LogP contribution < -0.4 is 10.1 Å². The Morgan fingerprint density at radius 1 is 1.43 bits per heavy atom. The molecule has 1 saturated heterocycles. The molecule has 0 bridgehead atoms. The van der Waals surface area contributed by atoms with Crippen LogP contribution in [0.15, 0.2) is 16.6 Å². The minimum absolute atomic E-state index is 0.566. The Hall–Kier alpha value is -0.580. The smallest absolute Gasteiger partial charge is 0.127 e. The lowest BCUT2D eigenvalue weighted by atomic mass is 9.99. The summed E-state index contributed by atoms with van der Waals surface area (Å²) in [6.07, 6.45) is 1.04. The highest BCUT2D eigenvalue weighted by Gasteiger charge is 2.28. The molecule has 2 aliphatic heterocycles. The van der Waals surface area contributed by atoms with Crippen molar-refractivity contribution in [2.45, 2.75) is 45.8 Å². The Morgan fingerprint density at radius 3 is 3.00 bits per heavy atom. The topological polar surface area (TPSA) is 24.5 Å². The first-order valence-corrected chi connectivity index (χ1v) is 8.75. The lowest BCUT2D eigenvalue weighted by Gasteiger charge is -2.40. The first-order chi connectivity index (χ1) is 10.0. The van der Waals surface area contributed by atoms with Gasteiger partial charge in [-0.1, -0.05) is 29.8 Å². The van der Waals surface area contributed by atoms with Crippen LogP contribution in [0.4, 0.5) is 0 Å². The second kappa shape index (κ2) is 6.27. The number of nitrogens with zero attached hydrogens (tertiary/aromatic N) is 1. The highest BCUT2D eigenvalue weighted by atomic mass is 79.9. The molecule has 1 fully saturated rings. The molecule has 0 aliphatic carbocycles. The van der Waals surface area contributed by atoms with Gasteiger partial charge >= 0.3 is 0 Å². The van der Waals surface area contributed by atoms with Crippen molar-refractivity contribution >= 4 is 15.9 Å². The van der Waals surface area contributed by atoms with Gasteiger partial charge in [0.1, 0.15) is 5.75 Å². The van der Waals surface area contributed by atoms with E-state index in [9.17, 15) is 0 Å². The zero-order valence-corrected chi connectivity index (χ0v) is 14.7. The summed E-state index contributed by atoms with van der Waals surface area (Å²) >= 11 is 3.64. The third-order valence-corrected chi connectivity index (χ3v) is 5.19. The van der Waals surface area contributed by atoms with E-state index in [0.717, 1.165) is 38.4 Å². The van der Waals surface area contributed by atoms with Crippen molar-refractivity contribution in [1.82, 2.24) is 10.2 Å². The van der Waals surface area contributed by atoms with Crippen LogP contribution in [0.3, 0.4) is 0 Å². The monoisotopic (exact) mass is 352 g/mol. The molecule has 0 saturated carbocycles. The first kappa shape index (κ1) is 15.3. The van der Waals surface area contributed by atoms with Crippen molar-refractivity contribution in [2.75, 3.05) is 19.7 Å². The molecule has 1 N–H and O–H groups in total. The summed E-state index contributed by atoms with van der Waals surface area (Å²) in [5, 5.41) is 3.67. The largest absolute Gasteiger partial charge is 0.493 e. The molecule has 0 radical (unpaired) electrons. The second-order valence-electron chi connectivity index (χ2n) is 6.69. The highest BCUT2D eigenvalue weighted by Crippen LogP contribution is 2.34. The van der Waals surface area contributed by atoms with Crippen molar-refractivity contribution < 1.29 is 4.74 Å². The van der Waals surface area contributed by atoms with Gasteiger partial charge in [0.05, 0.1) is 6.61 Å². The summed E-state index contributed by atoms with van der Waals surface area (Å²) in [6, 6.07) is 5.58. The van der Waals surface area contributed by atoms with E-state index < -0.39 is 0 Å². The molecule has 2 aliphatic rings. The number of halogens is 1. The molecule has 1 aromatic rings. The van der Waals surface area contributed by atoms with E-state index in [2.05, 4.69) is 59.1 Å². The molecular formula is C17H25BrN2O. The Morgan fingerprint density at radius 2 is 2.24 bits per heavy atom. The second-order valence-corrected chi connectivity index (χ2v) is 7.60. The number of piperazine rings is 1. The molecule has 0 amide bonds. The summed E-state index contributed by atoms with van der Waals surface area (Å²) < 4.78 is 7.04. The van der Waals surface area contributed by atoms with Crippen molar-refractivity contribution in [3.63, 3.8) is 0 Å². The van der Waals surface area contributed by atoms with Crippen LogP contribution in [0, 0.1) is 5.92 Å². The van der Waals surface area contributed by atoms with E-state index in [1.807, 2.05) is 0 Å². The van der Waals surface area contributed by atoms with E-state index in [-0.39, 0.29) is 0 Å². The molecule has 2 unspecified atom stereocenters. The van der Waals surface area contributed by atoms with Gasteiger partial charge in [-0.2, -0.15) is 0 Å². The van der Waals surface area contributed by atoms with Gasteiger partial charge in [-0.25, -0.2) is 0 Å². The Bertz CT molecular complexity index is 518. The molecule has 116 valence electrons. The number of nitrogens with one attached hydrogen (secondary N) is 1. The minimum Gasteiger partial charge on any atom is -0.493 e. The molecule has 2 atom stereocenters. The average molecular weight is 353 g/mol. The van der Waals surface area contributed by atoms with Crippen LogP contribution in [0.2, 0.25) is 0 Å². The van der Waals surface area contributed by atoms with Crippen molar-refractivity contribution in [3.05, 3.63) is 27.7 Å². The number of hydrogen-bond donors (Lipinski definition) is 1. The molecule has 3 rings (SSSR count). The highest BCUT2D eigenvalue weighted by molar-refractivity contribution is 9.10. The molecule has 1 aromatic carbocycles. The molecule has 2 heterocycles. The minimum atomic E-state index is 0.566. The van der Waals surface area contributed by atoms with E-state index in [1.54, 1.807) is 0 Å². The zero-order chi connectivity index (χ0) is 15.0. The predicted molar refractivity (Wildman–Crippen MR) is 89.8 cm³/mol. The maximum absolute atomic E-state index is 5.87. The summed E-state index contributed by atoms with van der Waals surface area (Å²) in [5.74, 6) is 1.80. The standard InChI is InChI=1S/C17H25BrN2O/c1-11(2)16-10-20(12(3)8-19-16)9-14-7-15(18)6-13-4-5-21-17(13)14/h6-7,11-12,16,19H,4-5,8-10H2,1-3H3. The summed E-state index contributed by atoms with van der Waals surface area (Å²) in [4.78, 5) is 2.59. The Labute approximate surface area is 136 Å². The number of rotatable bonds is 3. The molecule has 0 aromatic heterocycles. The maximum atomic E-state index is 5.87. The lowest BCUT2D eigenvalue weighted by molar-refractivity contribution is 0.115. The van der Waals surface area contributed by atoms with E-state index in [4.69, 9.17) is 4.74 Å². The normalized spacial score (nSPS) is 26.0. The van der Waals surface area contributed by atoms with Crippen LogP contribution in [-0.4, -0.2) is 36.7 Å². The maximum Gasteiger partial charge on any atom is 0.127 e. The number of benzene rings is 1. The number of fused-ring (bicyclic) bond motifs is 1. The Balaban J connectivity index is 1.79.